The third-order valence-corrected chi connectivity index (χ3v) is 2.16. The molecule has 1 aromatic rings. The predicted molar refractivity (Wildman–Crippen MR) is 66.2 cm³/mol. The maximum Gasteiger partial charge on any atom is 0.234 e. The van der Waals surface area contributed by atoms with Crippen molar-refractivity contribution in [2.45, 2.75) is 6.42 Å². The first-order valence-corrected chi connectivity index (χ1v) is 5.45. The largest absolute Gasteiger partial charge is 0.352 e. The molecule has 0 heterocycles. The summed E-state index contributed by atoms with van der Waals surface area (Å²) in [7, 11) is 0. The van der Waals surface area contributed by atoms with Gasteiger partial charge in [-0.25, -0.2) is 0 Å². The number of benzene rings is 1. The fraction of sp³-hybridized carbons (Fsp3) is 0.308. The molecule has 0 unspecified atom stereocenters. The topological polar surface area (TPSA) is 41.1 Å². The van der Waals surface area contributed by atoms with Crippen molar-refractivity contribution in [2.24, 2.45) is 0 Å². The van der Waals surface area contributed by atoms with Crippen molar-refractivity contribution in [3.05, 3.63) is 48.6 Å². The lowest BCUT2D eigenvalue weighted by molar-refractivity contribution is -0.120. The third-order valence-electron chi connectivity index (χ3n) is 2.16. The van der Waals surface area contributed by atoms with E-state index in [1.807, 2.05) is 18.2 Å². The Kier molecular flexibility index (Phi) is 5.96. The summed E-state index contributed by atoms with van der Waals surface area (Å²) in [6, 6.07) is 10.2. The van der Waals surface area contributed by atoms with Gasteiger partial charge in [0.25, 0.3) is 0 Å². The zero-order valence-corrected chi connectivity index (χ0v) is 9.41. The van der Waals surface area contributed by atoms with Gasteiger partial charge in [0.2, 0.25) is 5.91 Å². The standard InChI is InChI=1S/C13H18N2O/c1-2-9-15-13(16)11-14-10-8-12-6-4-3-5-7-12/h2-7,14H,1,8-11H2,(H,15,16). The number of hydrogen-bond donors (Lipinski definition) is 2. The molecular weight excluding hydrogens is 200 g/mol. The summed E-state index contributed by atoms with van der Waals surface area (Å²) in [5.74, 6) is 0.00737. The Morgan fingerprint density at radius 2 is 2.06 bits per heavy atom. The molecule has 0 fully saturated rings. The maximum absolute atomic E-state index is 11.2. The molecule has 0 aromatic heterocycles. The first-order chi connectivity index (χ1) is 7.83. The molecule has 3 nitrogen and oxygen atoms in total. The molecule has 0 radical (unpaired) electrons. The lowest BCUT2D eigenvalue weighted by atomic mass is 10.1. The fourth-order valence-electron chi connectivity index (χ4n) is 1.33. The molecule has 0 spiro atoms. The highest BCUT2D eigenvalue weighted by Gasteiger charge is 1.97. The van der Waals surface area contributed by atoms with Crippen LogP contribution in [0, 0.1) is 0 Å². The van der Waals surface area contributed by atoms with Gasteiger partial charge in [0.1, 0.15) is 0 Å². The minimum absolute atomic E-state index is 0.00737. The molecule has 3 heteroatoms. The van der Waals surface area contributed by atoms with Gasteiger partial charge >= 0.3 is 0 Å². The van der Waals surface area contributed by atoms with E-state index in [9.17, 15) is 4.79 Å². The summed E-state index contributed by atoms with van der Waals surface area (Å²) in [6.07, 6.45) is 2.61. The van der Waals surface area contributed by atoms with E-state index in [1.165, 1.54) is 5.56 Å². The van der Waals surface area contributed by atoms with Crippen molar-refractivity contribution in [3.63, 3.8) is 0 Å². The molecule has 86 valence electrons. The Bertz CT molecular complexity index is 322. The molecule has 0 bridgehead atoms. The number of carbonyl (C=O) groups excluding carboxylic acids is 1. The van der Waals surface area contributed by atoms with Gasteiger partial charge in [0.05, 0.1) is 6.54 Å². The molecule has 0 aliphatic heterocycles. The normalized spacial score (nSPS) is 9.75. The molecule has 0 aliphatic carbocycles. The summed E-state index contributed by atoms with van der Waals surface area (Å²) in [5, 5.41) is 5.81. The molecule has 0 saturated heterocycles. The van der Waals surface area contributed by atoms with Crippen LogP contribution in [0.25, 0.3) is 0 Å². The third kappa shape index (κ3) is 5.32. The van der Waals surface area contributed by atoms with Crippen molar-refractivity contribution >= 4 is 5.91 Å². The van der Waals surface area contributed by atoms with Gasteiger partial charge in [-0.1, -0.05) is 36.4 Å². The highest BCUT2D eigenvalue weighted by molar-refractivity contribution is 5.78. The number of nitrogens with one attached hydrogen (secondary N) is 2. The molecule has 0 saturated carbocycles. The number of rotatable bonds is 7. The Labute approximate surface area is 96.6 Å². The van der Waals surface area contributed by atoms with Crippen molar-refractivity contribution in [3.8, 4) is 0 Å². The zero-order valence-electron chi connectivity index (χ0n) is 9.41. The monoisotopic (exact) mass is 218 g/mol. The van der Waals surface area contributed by atoms with Gasteiger partial charge in [-0.3, -0.25) is 4.79 Å². The van der Waals surface area contributed by atoms with E-state index in [0.717, 1.165) is 13.0 Å². The molecule has 1 rings (SSSR count). The second-order valence-electron chi connectivity index (χ2n) is 3.51. The number of amides is 1. The van der Waals surface area contributed by atoms with Crippen molar-refractivity contribution in [2.75, 3.05) is 19.6 Å². The van der Waals surface area contributed by atoms with Crippen molar-refractivity contribution < 1.29 is 4.79 Å². The van der Waals surface area contributed by atoms with Crippen LogP contribution >= 0.6 is 0 Å². The maximum atomic E-state index is 11.2. The van der Waals surface area contributed by atoms with Crippen LogP contribution in [0.3, 0.4) is 0 Å². The van der Waals surface area contributed by atoms with Crippen LogP contribution in [-0.4, -0.2) is 25.5 Å². The fourth-order valence-corrected chi connectivity index (χ4v) is 1.33. The summed E-state index contributed by atoms with van der Waals surface area (Å²) < 4.78 is 0. The minimum atomic E-state index is 0.00737. The lowest BCUT2D eigenvalue weighted by Crippen LogP contribution is -2.34. The second-order valence-corrected chi connectivity index (χ2v) is 3.51. The summed E-state index contributed by atoms with van der Waals surface area (Å²) >= 11 is 0. The number of carbonyl (C=O) groups is 1. The van der Waals surface area contributed by atoms with E-state index in [4.69, 9.17) is 0 Å². The van der Waals surface area contributed by atoms with Gasteiger partial charge in [-0.2, -0.15) is 0 Å². The highest BCUT2D eigenvalue weighted by atomic mass is 16.1. The zero-order chi connectivity index (χ0) is 11.6. The van der Waals surface area contributed by atoms with Crippen LogP contribution in [-0.2, 0) is 11.2 Å². The van der Waals surface area contributed by atoms with Crippen molar-refractivity contribution in [1.82, 2.24) is 10.6 Å². The smallest absolute Gasteiger partial charge is 0.234 e. The van der Waals surface area contributed by atoms with Crippen molar-refractivity contribution in [1.29, 1.82) is 0 Å². The van der Waals surface area contributed by atoms with Crippen LogP contribution < -0.4 is 10.6 Å². The Morgan fingerprint density at radius 1 is 1.31 bits per heavy atom. The summed E-state index contributed by atoms with van der Waals surface area (Å²) in [5.41, 5.74) is 1.28. The first-order valence-electron chi connectivity index (χ1n) is 5.45. The van der Waals surface area contributed by atoms with Gasteiger partial charge in [-0.15, -0.1) is 6.58 Å². The molecular formula is C13H18N2O. The van der Waals surface area contributed by atoms with E-state index in [0.29, 0.717) is 13.1 Å². The van der Waals surface area contributed by atoms with Crippen LogP contribution in [0.2, 0.25) is 0 Å². The predicted octanol–water partition coefficient (Wildman–Crippen LogP) is 1.12. The summed E-state index contributed by atoms with van der Waals surface area (Å²) in [6.45, 7) is 5.23. The average Bonchev–Trinajstić information content (AvgIpc) is 2.33. The Balaban J connectivity index is 2.08. The van der Waals surface area contributed by atoms with Crippen LogP contribution in [0.1, 0.15) is 5.56 Å². The van der Waals surface area contributed by atoms with Crippen LogP contribution in [0.15, 0.2) is 43.0 Å². The molecule has 16 heavy (non-hydrogen) atoms. The van der Waals surface area contributed by atoms with Crippen LogP contribution in [0.4, 0.5) is 0 Å². The van der Waals surface area contributed by atoms with Gasteiger partial charge in [-0.05, 0) is 18.5 Å². The van der Waals surface area contributed by atoms with E-state index in [2.05, 4.69) is 29.3 Å². The summed E-state index contributed by atoms with van der Waals surface area (Å²) in [4.78, 5) is 11.2. The molecule has 0 atom stereocenters. The lowest BCUT2D eigenvalue weighted by Gasteiger charge is -2.05. The van der Waals surface area contributed by atoms with Gasteiger partial charge in [0, 0.05) is 6.54 Å². The van der Waals surface area contributed by atoms with Gasteiger partial charge < -0.3 is 10.6 Å². The van der Waals surface area contributed by atoms with E-state index in [-0.39, 0.29) is 5.91 Å². The highest BCUT2D eigenvalue weighted by Crippen LogP contribution is 1.97. The van der Waals surface area contributed by atoms with E-state index < -0.39 is 0 Å². The Morgan fingerprint density at radius 3 is 2.75 bits per heavy atom. The van der Waals surface area contributed by atoms with E-state index >= 15 is 0 Å². The second kappa shape index (κ2) is 7.65. The molecule has 2 N–H and O–H groups in total. The Hall–Kier alpha value is -1.61. The average molecular weight is 218 g/mol. The quantitative estimate of drug-likeness (QED) is 0.532. The van der Waals surface area contributed by atoms with Gasteiger partial charge in [0.15, 0.2) is 0 Å². The first kappa shape index (κ1) is 12.5. The van der Waals surface area contributed by atoms with Crippen LogP contribution in [0.5, 0.6) is 0 Å². The number of hydrogen-bond acceptors (Lipinski definition) is 2. The molecule has 1 amide bonds. The SMILES string of the molecule is C=CCNC(=O)CNCCc1ccccc1. The molecule has 0 aliphatic rings. The minimum Gasteiger partial charge on any atom is -0.352 e. The van der Waals surface area contributed by atoms with E-state index in [1.54, 1.807) is 6.08 Å². The molecule has 1 aromatic carbocycles.